The second kappa shape index (κ2) is 8.54. The van der Waals surface area contributed by atoms with Crippen LogP contribution in [0.4, 0.5) is 13.2 Å². The third kappa shape index (κ3) is 4.39. The fourth-order valence-electron chi connectivity index (χ4n) is 3.02. The van der Waals surface area contributed by atoms with Gasteiger partial charge in [0.15, 0.2) is 11.4 Å². The quantitative estimate of drug-likeness (QED) is 0.633. The molecule has 1 aromatic heterocycles. The molecule has 164 valence electrons. The number of hydrogen-bond acceptors (Lipinski definition) is 5. The summed E-state index contributed by atoms with van der Waals surface area (Å²) in [5.41, 5.74) is 0.190. The summed E-state index contributed by atoms with van der Waals surface area (Å²) >= 11 is 0. The molecule has 0 saturated heterocycles. The third-order valence-electron chi connectivity index (χ3n) is 4.66. The number of nitrogens with zero attached hydrogens (tertiary/aromatic N) is 2. The van der Waals surface area contributed by atoms with Gasteiger partial charge in [0.05, 0.1) is 6.04 Å². The average molecular weight is 436 g/mol. The molecule has 1 aliphatic heterocycles. The summed E-state index contributed by atoms with van der Waals surface area (Å²) < 4.78 is 41.7. The van der Waals surface area contributed by atoms with Crippen LogP contribution in [-0.4, -0.2) is 46.1 Å². The van der Waals surface area contributed by atoms with Crippen LogP contribution < -0.4 is 16.2 Å². The SMILES string of the molecule is CC1/C=C\CN(C)C(=O)c2c(O)c(=O)c(C(=O)NCc3c(F)cc(F)cc3F)cn2N1. The van der Waals surface area contributed by atoms with Crippen LogP contribution in [0.3, 0.4) is 0 Å². The molecule has 3 N–H and O–H groups in total. The van der Waals surface area contributed by atoms with Gasteiger partial charge in [-0.25, -0.2) is 13.2 Å². The zero-order valence-corrected chi connectivity index (χ0v) is 16.6. The van der Waals surface area contributed by atoms with Crippen LogP contribution in [0.5, 0.6) is 5.75 Å². The predicted octanol–water partition coefficient (Wildman–Crippen LogP) is 1.47. The zero-order valence-electron chi connectivity index (χ0n) is 16.6. The number of carbonyl (C=O) groups is 2. The van der Waals surface area contributed by atoms with Crippen molar-refractivity contribution < 1.29 is 27.9 Å². The smallest absolute Gasteiger partial charge is 0.276 e. The van der Waals surface area contributed by atoms with E-state index in [0.29, 0.717) is 12.1 Å². The maximum absolute atomic E-state index is 13.8. The van der Waals surface area contributed by atoms with E-state index < -0.39 is 58.1 Å². The lowest BCUT2D eigenvalue weighted by Gasteiger charge is -2.21. The van der Waals surface area contributed by atoms with E-state index in [1.165, 1.54) is 11.9 Å². The number of halogens is 3. The molecule has 0 aliphatic carbocycles. The minimum Gasteiger partial charge on any atom is -0.502 e. The van der Waals surface area contributed by atoms with Gasteiger partial charge in [-0.15, -0.1) is 0 Å². The number of pyridine rings is 1. The second-order valence-corrected chi connectivity index (χ2v) is 7.00. The fourth-order valence-corrected chi connectivity index (χ4v) is 3.02. The van der Waals surface area contributed by atoms with E-state index in [0.717, 1.165) is 10.9 Å². The largest absolute Gasteiger partial charge is 0.502 e. The van der Waals surface area contributed by atoms with Gasteiger partial charge in [-0.1, -0.05) is 12.2 Å². The van der Waals surface area contributed by atoms with E-state index in [1.807, 2.05) is 0 Å². The first-order chi connectivity index (χ1) is 14.6. The number of rotatable bonds is 3. The van der Waals surface area contributed by atoms with Crippen molar-refractivity contribution in [1.82, 2.24) is 14.9 Å². The Kier molecular flexibility index (Phi) is 6.04. The lowest BCUT2D eigenvalue weighted by atomic mass is 10.1. The van der Waals surface area contributed by atoms with E-state index in [4.69, 9.17) is 0 Å². The van der Waals surface area contributed by atoms with E-state index in [9.17, 15) is 32.7 Å². The lowest BCUT2D eigenvalue weighted by Crippen LogP contribution is -2.37. The van der Waals surface area contributed by atoms with Gasteiger partial charge in [-0.05, 0) is 6.92 Å². The van der Waals surface area contributed by atoms with Crippen LogP contribution in [0.1, 0.15) is 33.3 Å². The number of aromatic hydroxyl groups is 1. The summed E-state index contributed by atoms with van der Waals surface area (Å²) in [5.74, 6) is -6.20. The molecule has 2 aromatic rings. The van der Waals surface area contributed by atoms with Gasteiger partial charge in [-0.3, -0.25) is 19.1 Å². The van der Waals surface area contributed by atoms with Gasteiger partial charge in [0.1, 0.15) is 23.0 Å². The highest BCUT2D eigenvalue weighted by atomic mass is 19.1. The van der Waals surface area contributed by atoms with Crippen LogP contribution in [0.15, 0.2) is 35.3 Å². The Labute approximate surface area is 174 Å². The molecule has 8 nitrogen and oxygen atoms in total. The van der Waals surface area contributed by atoms with Crippen LogP contribution in [-0.2, 0) is 6.54 Å². The molecule has 0 fully saturated rings. The molecule has 2 amide bonds. The van der Waals surface area contributed by atoms with Crippen molar-refractivity contribution in [3.63, 3.8) is 0 Å². The van der Waals surface area contributed by atoms with Gasteiger partial charge in [0.2, 0.25) is 5.43 Å². The first kappa shape index (κ1) is 21.9. The molecule has 1 aromatic carbocycles. The molecule has 11 heteroatoms. The molecule has 0 saturated carbocycles. The van der Waals surface area contributed by atoms with Crippen molar-refractivity contribution in [2.75, 3.05) is 19.0 Å². The summed E-state index contributed by atoms with van der Waals surface area (Å²) in [7, 11) is 1.48. The normalized spacial score (nSPS) is 17.1. The van der Waals surface area contributed by atoms with Crippen LogP contribution in [0, 0.1) is 17.5 Å². The van der Waals surface area contributed by atoms with Crippen molar-refractivity contribution in [1.29, 1.82) is 0 Å². The number of carbonyl (C=O) groups excluding carboxylic acids is 2. The maximum atomic E-state index is 13.8. The second-order valence-electron chi connectivity index (χ2n) is 7.00. The Bertz CT molecular complexity index is 1120. The summed E-state index contributed by atoms with van der Waals surface area (Å²) in [5, 5.41) is 12.5. The summed E-state index contributed by atoms with van der Waals surface area (Å²) in [6.07, 6.45) is 4.48. The van der Waals surface area contributed by atoms with Gasteiger partial charge >= 0.3 is 0 Å². The Morgan fingerprint density at radius 2 is 1.90 bits per heavy atom. The molecule has 0 radical (unpaired) electrons. The van der Waals surface area contributed by atoms with Gasteiger partial charge in [-0.2, -0.15) is 0 Å². The number of benzene rings is 1. The molecule has 0 spiro atoms. The maximum Gasteiger partial charge on any atom is 0.276 e. The number of nitrogens with one attached hydrogen (secondary N) is 2. The van der Waals surface area contributed by atoms with Crippen molar-refractivity contribution in [3.05, 3.63) is 75.0 Å². The molecular formula is C20H19F3N4O4. The zero-order chi connectivity index (χ0) is 22.9. The molecule has 2 heterocycles. The molecule has 0 bridgehead atoms. The van der Waals surface area contributed by atoms with Crippen LogP contribution in [0.2, 0.25) is 0 Å². The number of fused-ring (bicyclic) bond motifs is 1. The first-order valence-corrected chi connectivity index (χ1v) is 9.19. The number of amides is 2. The Morgan fingerprint density at radius 1 is 1.26 bits per heavy atom. The van der Waals surface area contributed by atoms with Crippen molar-refractivity contribution >= 4 is 11.8 Å². The fraction of sp³-hybridized carbons (Fsp3) is 0.250. The number of aromatic nitrogens is 1. The van der Waals surface area contributed by atoms with E-state index in [-0.39, 0.29) is 18.3 Å². The number of hydrogen-bond donors (Lipinski definition) is 3. The topological polar surface area (TPSA) is 104 Å². The lowest BCUT2D eigenvalue weighted by molar-refractivity contribution is 0.0795. The molecule has 1 atom stereocenters. The summed E-state index contributed by atoms with van der Waals surface area (Å²) in [6.45, 7) is 1.30. The molecule has 3 rings (SSSR count). The highest BCUT2D eigenvalue weighted by Gasteiger charge is 2.27. The highest BCUT2D eigenvalue weighted by molar-refractivity contribution is 5.98. The van der Waals surface area contributed by atoms with Crippen LogP contribution >= 0.6 is 0 Å². The Balaban J connectivity index is 1.97. The van der Waals surface area contributed by atoms with Crippen molar-refractivity contribution in [2.45, 2.75) is 19.5 Å². The van der Waals surface area contributed by atoms with Crippen molar-refractivity contribution in [3.8, 4) is 5.75 Å². The van der Waals surface area contributed by atoms with Gasteiger partial charge in [0, 0.05) is 44.0 Å². The van der Waals surface area contributed by atoms with Crippen molar-refractivity contribution in [2.24, 2.45) is 0 Å². The van der Waals surface area contributed by atoms with Gasteiger partial charge in [0.25, 0.3) is 11.8 Å². The molecule has 1 aliphatic rings. The monoisotopic (exact) mass is 436 g/mol. The van der Waals surface area contributed by atoms with E-state index >= 15 is 0 Å². The average Bonchev–Trinajstić information content (AvgIpc) is 2.73. The first-order valence-electron chi connectivity index (χ1n) is 9.19. The minimum absolute atomic E-state index is 0.232. The predicted molar refractivity (Wildman–Crippen MR) is 105 cm³/mol. The highest BCUT2D eigenvalue weighted by Crippen LogP contribution is 2.18. The standard InChI is InChI=1S/C20H19F3N4O4/c1-10-4-3-5-26(2)20(31)16-18(29)17(28)13(9-27(16)25-10)19(30)24-8-12-14(22)6-11(21)7-15(12)23/h3-4,6-7,9-10,25,29H,5,8H2,1-2H3,(H,24,30)/b4-3-. The van der Waals surface area contributed by atoms with Gasteiger partial charge < -0.3 is 20.7 Å². The minimum atomic E-state index is -1.21. The molecular weight excluding hydrogens is 417 g/mol. The number of likely N-dealkylation sites (N-methyl/N-ethyl adjacent to an activating group) is 1. The summed E-state index contributed by atoms with van der Waals surface area (Å²) in [6, 6.07) is 0.583. The van der Waals surface area contributed by atoms with Crippen LogP contribution in [0.25, 0.3) is 0 Å². The Morgan fingerprint density at radius 3 is 2.55 bits per heavy atom. The third-order valence-corrected chi connectivity index (χ3v) is 4.66. The Hall–Kier alpha value is -3.76. The van der Waals surface area contributed by atoms with E-state index in [1.54, 1.807) is 19.1 Å². The van der Waals surface area contributed by atoms with E-state index in [2.05, 4.69) is 10.7 Å². The molecule has 1 unspecified atom stereocenters. The summed E-state index contributed by atoms with van der Waals surface area (Å²) in [4.78, 5) is 39.0. The molecule has 31 heavy (non-hydrogen) atoms.